The van der Waals surface area contributed by atoms with Gasteiger partial charge in [-0.2, -0.15) is 0 Å². The first-order valence-corrected chi connectivity index (χ1v) is 7.27. The van der Waals surface area contributed by atoms with Crippen molar-refractivity contribution in [1.82, 2.24) is 14.5 Å². The Morgan fingerprint density at radius 2 is 2.05 bits per heavy atom. The molecule has 0 unspecified atom stereocenters. The normalized spacial score (nSPS) is 12.7. The maximum absolute atomic E-state index is 10.0. The molecule has 0 aliphatic carbocycles. The lowest BCUT2D eigenvalue weighted by atomic mass is 9.85. The molecule has 1 radical (unpaired) electrons. The third kappa shape index (κ3) is 3.28. The molecule has 5 nitrogen and oxygen atoms in total. The highest BCUT2D eigenvalue weighted by molar-refractivity contribution is 7.13. The summed E-state index contributed by atoms with van der Waals surface area (Å²) in [5, 5.41) is 12.8. The second-order valence-electron chi connectivity index (χ2n) is 5.78. The van der Waals surface area contributed by atoms with E-state index in [1.165, 1.54) is 11.3 Å². The number of thiazole rings is 1. The molecule has 0 atom stereocenters. The Morgan fingerprint density at radius 3 is 2.60 bits per heavy atom. The number of aryl methyl sites for hydroxylation is 1. The van der Waals surface area contributed by atoms with Crippen LogP contribution < -0.4 is 5.59 Å². The minimum atomic E-state index is -0.941. The van der Waals surface area contributed by atoms with Gasteiger partial charge in [-0.25, -0.2) is 9.97 Å². The third-order valence-electron chi connectivity index (χ3n) is 3.39. The number of aliphatic hydroxyl groups is 1. The summed E-state index contributed by atoms with van der Waals surface area (Å²) in [5.41, 5.74) is 0.0467. The van der Waals surface area contributed by atoms with Crippen LogP contribution >= 0.6 is 11.3 Å². The van der Waals surface area contributed by atoms with E-state index in [0.29, 0.717) is 0 Å². The predicted octanol–water partition coefficient (Wildman–Crippen LogP) is 1.45. The van der Waals surface area contributed by atoms with E-state index in [4.69, 9.17) is 4.65 Å². The van der Waals surface area contributed by atoms with Crippen LogP contribution in [0.4, 0.5) is 0 Å². The fraction of sp³-hybridized carbons (Fsp3) is 0.538. The van der Waals surface area contributed by atoms with Gasteiger partial charge in [0, 0.05) is 17.2 Å². The summed E-state index contributed by atoms with van der Waals surface area (Å²) in [5.74, 6) is 0. The van der Waals surface area contributed by atoms with E-state index in [-0.39, 0.29) is 0 Å². The van der Waals surface area contributed by atoms with E-state index >= 15 is 0 Å². The largest absolute Gasteiger partial charge is 0.425 e. The summed E-state index contributed by atoms with van der Waals surface area (Å²) in [6.45, 7) is 9.07. The number of hydrogen-bond donors (Lipinski definition) is 1. The molecule has 107 valence electrons. The molecule has 0 bridgehead atoms. The van der Waals surface area contributed by atoms with Crippen LogP contribution in [0.15, 0.2) is 17.9 Å². The molecule has 0 aliphatic heterocycles. The van der Waals surface area contributed by atoms with Gasteiger partial charge in [-0.3, -0.25) is 4.57 Å². The topological polar surface area (TPSA) is 60.2 Å². The fourth-order valence-electron chi connectivity index (χ4n) is 1.33. The molecule has 2 aromatic heterocycles. The number of nitrogens with zero attached hydrogens (tertiary/aromatic N) is 3. The molecule has 20 heavy (non-hydrogen) atoms. The van der Waals surface area contributed by atoms with Crippen LogP contribution in [0.3, 0.4) is 0 Å². The molecule has 0 spiro atoms. The highest BCUT2D eigenvalue weighted by Gasteiger charge is 2.35. The molecule has 0 amide bonds. The Hall–Kier alpha value is -1.18. The zero-order valence-electron chi connectivity index (χ0n) is 12.4. The van der Waals surface area contributed by atoms with Crippen molar-refractivity contribution >= 4 is 24.4 Å². The van der Waals surface area contributed by atoms with E-state index < -0.39 is 11.2 Å². The Kier molecular flexibility index (Phi) is 4.04. The van der Waals surface area contributed by atoms with Crippen molar-refractivity contribution < 1.29 is 9.76 Å². The molecule has 0 fully saturated rings. The SMILES string of the molecule is Cc1cn(-c2nc([B]OC(C)(C)C(C)(C)O)cs2)cn1. The van der Waals surface area contributed by atoms with Gasteiger partial charge in [0.2, 0.25) is 0 Å². The van der Waals surface area contributed by atoms with E-state index in [9.17, 15) is 5.11 Å². The third-order valence-corrected chi connectivity index (χ3v) is 4.26. The van der Waals surface area contributed by atoms with E-state index in [1.807, 2.05) is 36.9 Å². The molecule has 0 aliphatic rings. The smallest absolute Gasteiger partial charge is 0.352 e. The molecule has 0 saturated carbocycles. The Balaban J connectivity index is 2.04. The van der Waals surface area contributed by atoms with Gasteiger partial charge in [-0.15, -0.1) is 11.3 Å². The molecule has 0 saturated heterocycles. The molecule has 2 aromatic rings. The van der Waals surface area contributed by atoms with Crippen molar-refractivity contribution in [2.24, 2.45) is 0 Å². The van der Waals surface area contributed by atoms with Crippen LogP contribution in [-0.2, 0) is 4.65 Å². The number of aromatic nitrogens is 3. The van der Waals surface area contributed by atoms with Crippen molar-refractivity contribution in [2.45, 2.75) is 45.8 Å². The summed E-state index contributed by atoms with van der Waals surface area (Å²) in [4.78, 5) is 8.63. The van der Waals surface area contributed by atoms with Gasteiger partial charge in [-0.05, 0) is 34.6 Å². The highest BCUT2D eigenvalue weighted by Crippen LogP contribution is 2.24. The van der Waals surface area contributed by atoms with Crippen LogP contribution in [0.2, 0.25) is 0 Å². The van der Waals surface area contributed by atoms with Crippen LogP contribution in [-0.4, -0.2) is 38.3 Å². The first-order valence-electron chi connectivity index (χ1n) is 6.39. The minimum Gasteiger partial charge on any atom is -0.425 e. The molecule has 0 aromatic carbocycles. The van der Waals surface area contributed by atoms with Crippen molar-refractivity contribution in [2.75, 3.05) is 0 Å². The lowest BCUT2D eigenvalue weighted by molar-refractivity contribution is -0.0893. The highest BCUT2D eigenvalue weighted by atomic mass is 32.1. The van der Waals surface area contributed by atoms with Crippen LogP contribution in [0.25, 0.3) is 5.13 Å². The minimum absolute atomic E-state index is 0.692. The first-order chi connectivity index (χ1) is 9.19. The Bertz CT molecular complexity index is 586. The second-order valence-corrected chi connectivity index (χ2v) is 6.62. The van der Waals surface area contributed by atoms with Crippen molar-refractivity contribution in [3.05, 3.63) is 23.6 Å². The van der Waals surface area contributed by atoms with Gasteiger partial charge >= 0.3 is 7.48 Å². The molecular weight excluding hydrogens is 273 g/mol. The average Bonchev–Trinajstić information content (AvgIpc) is 2.93. The van der Waals surface area contributed by atoms with Crippen LogP contribution in [0.1, 0.15) is 33.4 Å². The standard InChI is InChI=1S/C13H19BN3O2S/c1-9-6-17(8-15-9)11-16-10(7-20-11)14-19-13(4,5)12(2,3)18/h6-8,18H,1-5H3. The monoisotopic (exact) mass is 292 g/mol. The molecule has 2 heterocycles. The van der Waals surface area contributed by atoms with E-state index in [0.717, 1.165) is 16.4 Å². The second kappa shape index (κ2) is 5.31. The molecule has 1 N–H and O–H groups in total. The van der Waals surface area contributed by atoms with Crippen LogP contribution in [0.5, 0.6) is 0 Å². The van der Waals surface area contributed by atoms with Crippen molar-refractivity contribution in [1.29, 1.82) is 0 Å². The maximum Gasteiger partial charge on any atom is 0.352 e. The summed E-state index contributed by atoms with van der Waals surface area (Å²) in [7, 11) is 1.59. The quantitative estimate of drug-likeness (QED) is 0.847. The van der Waals surface area contributed by atoms with Gasteiger partial charge in [-0.1, -0.05) is 0 Å². The first kappa shape index (κ1) is 15.2. The molecular formula is C13H19BN3O2S. The van der Waals surface area contributed by atoms with Gasteiger partial charge in [0.05, 0.1) is 16.9 Å². The van der Waals surface area contributed by atoms with Gasteiger partial charge in [0.25, 0.3) is 0 Å². The van der Waals surface area contributed by atoms with Crippen molar-refractivity contribution in [3.8, 4) is 5.13 Å². The summed E-state index contributed by atoms with van der Waals surface area (Å²) < 4.78 is 7.55. The fourth-order valence-corrected chi connectivity index (χ4v) is 2.04. The van der Waals surface area contributed by atoms with Crippen molar-refractivity contribution in [3.63, 3.8) is 0 Å². The number of rotatable bonds is 5. The summed E-state index contributed by atoms with van der Waals surface area (Å²) >= 11 is 1.51. The van der Waals surface area contributed by atoms with Gasteiger partial charge < -0.3 is 9.76 Å². The summed E-state index contributed by atoms with van der Waals surface area (Å²) in [6.07, 6.45) is 3.66. The summed E-state index contributed by atoms with van der Waals surface area (Å²) in [6, 6.07) is 0. The molecule has 2 rings (SSSR count). The zero-order valence-corrected chi connectivity index (χ0v) is 13.2. The Labute approximate surface area is 123 Å². The lowest BCUT2D eigenvalue weighted by Gasteiger charge is -2.37. The Morgan fingerprint density at radius 1 is 1.35 bits per heavy atom. The lowest BCUT2D eigenvalue weighted by Crippen LogP contribution is -2.49. The predicted molar refractivity (Wildman–Crippen MR) is 80.8 cm³/mol. The number of hydrogen-bond acceptors (Lipinski definition) is 5. The molecule has 7 heteroatoms. The maximum atomic E-state index is 10.0. The van der Waals surface area contributed by atoms with E-state index in [1.54, 1.807) is 27.7 Å². The van der Waals surface area contributed by atoms with E-state index in [2.05, 4.69) is 9.97 Å². The van der Waals surface area contributed by atoms with Gasteiger partial charge in [0.1, 0.15) is 6.33 Å². The average molecular weight is 292 g/mol. The van der Waals surface area contributed by atoms with Crippen LogP contribution in [0, 0.1) is 6.92 Å². The zero-order chi connectivity index (χ0) is 15.0. The van der Waals surface area contributed by atoms with Gasteiger partial charge in [0.15, 0.2) is 5.13 Å². The number of imidazole rings is 1.